The number of pyridine rings is 1. The predicted octanol–water partition coefficient (Wildman–Crippen LogP) is 2.85. The van der Waals surface area contributed by atoms with Crippen molar-refractivity contribution < 1.29 is 9.53 Å². The number of hydrogen-bond acceptors (Lipinski definition) is 3. The van der Waals surface area contributed by atoms with E-state index in [0.29, 0.717) is 12.2 Å². The van der Waals surface area contributed by atoms with Crippen LogP contribution in [-0.4, -0.2) is 17.6 Å². The highest BCUT2D eigenvalue weighted by Gasteiger charge is 2.05. The molecule has 0 saturated carbocycles. The molecular weight excluding hydrogens is 226 g/mol. The second kappa shape index (κ2) is 5.96. The van der Waals surface area contributed by atoms with Gasteiger partial charge in [-0.25, -0.2) is 4.79 Å². The second-order valence-electron chi connectivity index (χ2n) is 3.95. The smallest absolute Gasteiger partial charge is 0.338 e. The summed E-state index contributed by atoms with van der Waals surface area (Å²) in [4.78, 5) is 15.5. The molecule has 18 heavy (non-hydrogen) atoms. The molecule has 2 rings (SSSR count). The summed E-state index contributed by atoms with van der Waals surface area (Å²) in [5.74, 6) is -0.270. The number of rotatable bonds is 4. The van der Waals surface area contributed by atoms with Crippen molar-refractivity contribution in [3.05, 3.63) is 65.5 Å². The first kappa shape index (κ1) is 12.3. The molecule has 3 heteroatoms. The van der Waals surface area contributed by atoms with E-state index in [1.807, 2.05) is 24.3 Å². The van der Waals surface area contributed by atoms with E-state index in [1.165, 1.54) is 5.56 Å². The van der Waals surface area contributed by atoms with Crippen LogP contribution in [-0.2, 0) is 11.2 Å². The fourth-order valence-electron chi connectivity index (χ4n) is 1.71. The number of ether oxygens (including phenoxy) is 1. The van der Waals surface area contributed by atoms with E-state index >= 15 is 0 Å². The van der Waals surface area contributed by atoms with Crippen molar-refractivity contribution in [2.45, 2.75) is 13.3 Å². The van der Waals surface area contributed by atoms with Crippen molar-refractivity contribution in [1.29, 1.82) is 0 Å². The summed E-state index contributed by atoms with van der Waals surface area (Å²) in [7, 11) is 0. The molecule has 0 atom stereocenters. The molecular formula is C15H15NO2. The highest BCUT2D eigenvalue weighted by molar-refractivity contribution is 5.89. The summed E-state index contributed by atoms with van der Waals surface area (Å²) >= 11 is 0. The minimum Gasteiger partial charge on any atom is -0.462 e. The van der Waals surface area contributed by atoms with Crippen molar-refractivity contribution >= 4 is 5.97 Å². The van der Waals surface area contributed by atoms with Gasteiger partial charge in [-0.05, 0) is 48.7 Å². The Balaban J connectivity index is 2.06. The molecule has 0 spiro atoms. The fourth-order valence-corrected chi connectivity index (χ4v) is 1.71. The van der Waals surface area contributed by atoms with Gasteiger partial charge in [0.15, 0.2) is 0 Å². The number of carbonyl (C=O) groups is 1. The van der Waals surface area contributed by atoms with Crippen molar-refractivity contribution in [2.24, 2.45) is 0 Å². The van der Waals surface area contributed by atoms with Crippen LogP contribution in [0.15, 0.2) is 48.8 Å². The molecule has 0 bridgehead atoms. The van der Waals surface area contributed by atoms with Crippen LogP contribution in [0.3, 0.4) is 0 Å². The SMILES string of the molecule is CCOC(=O)c1ccc(Cc2ccncc2)cc1. The molecule has 92 valence electrons. The molecule has 0 saturated heterocycles. The third kappa shape index (κ3) is 3.17. The maximum atomic E-state index is 11.5. The molecule has 0 aliphatic carbocycles. The second-order valence-corrected chi connectivity index (χ2v) is 3.95. The molecule has 2 aromatic rings. The van der Waals surface area contributed by atoms with Crippen molar-refractivity contribution in [3.8, 4) is 0 Å². The summed E-state index contributed by atoms with van der Waals surface area (Å²) in [6.07, 6.45) is 4.40. The van der Waals surface area contributed by atoms with E-state index < -0.39 is 0 Å². The van der Waals surface area contributed by atoms with Crippen molar-refractivity contribution in [2.75, 3.05) is 6.61 Å². The van der Waals surface area contributed by atoms with Crippen LogP contribution >= 0.6 is 0 Å². The van der Waals surface area contributed by atoms with Crippen LogP contribution in [0.4, 0.5) is 0 Å². The normalized spacial score (nSPS) is 10.1. The van der Waals surface area contributed by atoms with Gasteiger partial charge in [0.1, 0.15) is 0 Å². The Morgan fingerprint density at radius 1 is 1.06 bits per heavy atom. The van der Waals surface area contributed by atoms with Crippen molar-refractivity contribution in [1.82, 2.24) is 4.98 Å². The van der Waals surface area contributed by atoms with Crippen molar-refractivity contribution in [3.63, 3.8) is 0 Å². The molecule has 0 radical (unpaired) electrons. The van der Waals surface area contributed by atoms with Crippen LogP contribution in [0.25, 0.3) is 0 Å². The molecule has 0 unspecified atom stereocenters. The average molecular weight is 241 g/mol. The van der Waals surface area contributed by atoms with Crippen LogP contribution in [0.1, 0.15) is 28.4 Å². The van der Waals surface area contributed by atoms with Gasteiger partial charge >= 0.3 is 5.97 Å². The zero-order valence-corrected chi connectivity index (χ0v) is 10.3. The fraction of sp³-hybridized carbons (Fsp3) is 0.200. The topological polar surface area (TPSA) is 39.2 Å². The molecule has 1 heterocycles. The molecule has 3 nitrogen and oxygen atoms in total. The third-order valence-electron chi connectivity index (χ3n) is 2.62. The molecule has 0 fully saturated rings. The number of hydrogen-bond donors (Lipinski definition) is 0. The largest absolute Gasteiger partial charge is 0.462 e. The Labute approximate surface area is 106 Å². The average Bonchev–Trinajstić information content (AvgIpc) is 2.41. The first-order valence-electron chi connectivity index (χ1n) is 5.94. The number of carbonyl (C=O) groups excluding carboxylic acids is 1. The maximum absolute atomic E-state index is 11.5. The lowest BCUT2D eigenvalue weighted by molar-refractivity contribution is 0.0526. The van der Waals surface area contributed by atoms with Gasteiger partial charge < -0.3 is 4.74 Å². The Morgan fingerprint density at radius 2 is 1.67 bits per heavy atom. The van der Waals surface area contributed by atoms with E-state index in [9.17, 15) is 4.79 Å². The van der Waals surface area contributed by atoms with Crippen LogP contribution in [0.5, 0.6) is 0 Å². The van der Waals surface area contributed by atoms with E-state index in [0.717, 1.165) is 12.0 Å². The first-order chi connectivity index (χ1) is 8.79. The Morgan fingerprint density at radius 3 is 2.28 bits per heavy atom. The van der Waals surface area contributed by atoms with Gasteiger partial charge in [-0.3, -0.25) is 4.98 Å². The zero-order chi connectivity index (χ0) is 12.8. The molecule has 1 aromatic heterocycles. The molecule has 1 aromatic carbocycles. The highest BCUT2D eigenvalue weighted by atomic mass is 16.5. The highest BCUT2D eigenvalue weighted by Crippen LogP contribution is 2.10. The van der Waals surface area contributed by atoms with Gasteiger partial charge in [-0.1, -0.05) is 12.1 Å². The Kier molecular flexibility index (Phi) is 4.07. The number of benzene rings is 1. The lowest BCUT2D eigenvalue weighted by Gasteiger charge is -2.04. The molecule has 0 aliphatic heterocycles. The van der Waals surface area contributed by atoms with E-state index in [2.05, 4.69) is 4.98 Å². The van der Waals surface area contributed by atoms with Gasteiger partial charge in [0, 0.05) is 12.4 Å². The number of aromatic nitrogens is 1. The molecule has 0 amide bonds. The summed E-state index contributed by atoms with van der Waals surface area (Å²) in [6, 6.07) is 11.5. The standard InChI is InChI=1S/C15H15NO2/c1-2-18-15(17)14-5-3-12(4-6-14)11-13-7-9-16-10-8-13/h3-10H,2,11H2,1H3. The number of esters is 1. The van der Waals surface area contributed by atoms with Gasteiger partial charge in [0.25, 0.3) is 0 Å². The Hall–Kier alpha value is -2.16. The first-order valence-corrected chi connectivity index (χ1v) is 5.94. The minimum absolute atomic E-state index is 0.270. The van der Waals surface area contributed by atoms with Gasteiger partial charge in [0.05, 0.1) is 12.2 Å². The van der Waals surface area contributed by atoms with E-state index in [-0.39, 0.29) is 5.97 Å². The summed E-state index contributed by atoms with van der Waals surface area (Å²) < 4.78 is 4.94. The molecule has 0 N–H and O–H groups in total. The lowest BCUT2D eigenvalue weighted by atomic mass is 10.0. The summed E-state index contributed by atoms with van der Waals surface area (Å²) in [6.45, 7) is 2.20. The zero-order valence-electron chi connectivity index (χ0n) is 10.3. The number of nitrogens with zero attached hydrogens (tertiary/aromatic N) is 1. The predicted molar refractivity (Wildman–Crippen MR) is 69.4 cm³/mol. The quantitative estimate of drug-likeness (QED) is 0.773. The monoisotopic (exact) mass is 241 g/mol. The summed E-state index contributed by atoms with van der Waals surface area (Å²) in [5, 5.41) is 0. The van der Waals surface area contributed by atoms with Crippen LogP contribution in [0.2, 0.25) is 0 Å². The maximum Gasteiger partial charge on any atom is 0.338 e. The molecule has 0 aliphatic rings. The Bertz CT molecular complexity index is 506. The lowest BCUT2D eigenvalue weighted by Crippen LogP contribution is -2.04. The minimum atomic E-state index is -0.270. The van der Waals surface area contributed by atoms with E-state index in [1.54, 1.807) is 31.5 Å². The van der Waals surface area contributed by atoms with Gasteiger partial charge in [0.2, 0.25) is 0 Å². The third-order valence-corrected chi connectivity index (χ3v) is 2.62. The van der Waals surface area contributed by atoms with Crippen LogP contribution in [0, 0.1) is 0 Å². The van der Waals surface area contributed by atoms with Crippen LogP contribution < -0.4 is 0 Å². The summed E-state index contributed by atoms with van der Waals surface area (Å²) in [5.41, 5.74) is 2.96. The van der Waals surface area contributed by atoms with Gasteiger partial charge in [-0.2, -0.15) is 0 Å². The van der Waals surface area contributed by atoms with Gasteiger partial charge in [-0.15, -0.1) is 0 Å². The van der Waals surface area contributed by atoms with E-state index in [4.69, 9.17) is 4.74 Å².